The van der Waals surface area contributed by atoms with Crippen molar-refractivity contribution in [1.29, 1.82) is 0 Å². The van der Waals surface area contributed by atoms with Crippen LogP contribution in [0.3, 0.4) is 0 Å². The highest BCUT2D eigenvalue weighted by molar-refractivity contribution is 5.71. The normalized spacial score (nSPS) is 12.7. The standard InChI is InChI=1S/C74H128O6/c1-4-7-10-13-16-19-21-23-25-27-29-31-32-33-34-35-36-37-38-39-40-41-42-44-45-47-49-51-53-55-58-61-64-67-73(76)79-70-71(69-78-72(75)66-63-60-57-18-15-12-9-6-3)80-74(77)68-65-62-59-56-54-52-50-48-46-43-30-28-26-24-22-20-17-14-11-8-5-2/h7,10,16,19,22-25,28-31,33-34,36-37,71H,4-6,8-9,11-15,17-18,20-21,26-27,32,35,38-70H2,1-3H3/b10-7-,19-16-,24-22-,25-23-,30-28-,31-29-,34-33-,37-36-. The van der Waals surface area contributed by atoms with Crippen LogP contribution in [-0.4, -0.2) is 37.2 Å². The summed E-state index contributed by atoms with van der Waals surface area (Å²) in [6.07, 6.45) is 91.6. The molecule has 0 aliphatic heterocycles. The van der Waals surface area contributed by atoms with Gasteiger partial charge in [-0.2, -0.15) is 0 Å². The van der Waals surface area contributed by atoms with Crippen molar-refractivity contribution < 1.29 is 28.6 Å². The van der Waals surface area contributed by atoms with Crippen molar-refractivity contribution in [1.82, 2.24) is 0 Å². The van der Waals surface area contributed by atoms with Crippen molar-refractivity contribution in [3.05, 3.63) is 97.2 Å². The van der Waals surface area contributed by atoms with E-state index in [1.54, 1.807) is 0 Å². The van der Waals surface area contributed by atoms with Gasteiger partial charge in [0, 0.05) is 19.3 Å². The van der Waals surface area contributed by atoms with Crippen LogP contribution >= 0.6 is 0 Å². The van der Waals surface area contributed by atoms with E-state index in [1.807, 2.05) is 0 Å². The quantitative estimate of drug-likeness (QED) is 0.0261. The zero-order valence-electron chi connectivity index (χ0n) is 52.8. The molecular formula is C74H128O6. The summed E-state index contributed by atoms with van der Waals surface area (Å²) >= 11 is 0. The van der Waals surface area contributed by atoms with E-state index in [2.05, 4.69) is 118 Å². The highest BCUT2D eigenvalue weighted by Gasteiger charge is 2.19. The smallest absolute Gasteiger partial charge is 0.306 e. The second kappa shape index (κ2) is 67.8. The maximum absolute atomic E-state index is 12.9. The van der Waals surface area contributed by atoms with Gasteiger partial charge in [-0.05, 0) is 103 Å². The van der Waals surface area contributed by atoms with Gasteiger partial charge in [0.15, 0.2) is 6.10 Å². The molecule has 0 aromatic carbocycles. The van der Waals surface area contributed by atoms with E-state index in [0.29, 0.717) is 19.3 Å². The molecule has 6 nitrogen and oxygen atoms in total. The van der Waals surface area contributed by atoms with E-state index in [1.165, 1.54) is 193 Å². The maximum atomic E-state index is 12.9. The minimum atomic E-state index is -0.777. The fraction of sp³-hybridized carbons (Fsp3) is 0.743. The average molecular weight is 1110 g/mol. The third-order valence-electron chi connectivity index (χ3n) is 14.8. The van der Waals surface area contributed by atoms with Gasteiger partial charge in [0.05, 0.1) is 0 Å². The number of hydrogen-bond donors (Lipinski definition) is 0. The lowest BCUT2D eigenvalue weighted by Gasteiger charge is -2.18. The number of ether oxygens (including phenoxy) is 3. The number of esters is 3. The van der Waals surface area contributed by atoms with Crippen LogP contribution in [0.2, 0.25) is 0 Å². The van der Waals surface area contributed by atoms with Crippen LogP contribution in [0.5, 0.6) is 0 Å². The van der Waals surface area contributed by atoms with Gasteiger partial charge in [-0.25, -0.2) is 0 Å². The van der Waals surface area contributed by atoms with Crippen LogP contribution in [0.1, 0.15) is 335 Å². The fourth-order valence-corrected chi connectivity index (χ4v) is 9.71. The molecule has 1 atom stereocenters. The Balaban J connectivity index is 4.10. The molecule has 0 amide bonds. The van der Waals surface area contributed by atoms with Gasteiger partial charge in [-0.1, -0.05) is 311 Å². The SMILES string of the molecule is CC/C=C\C/C=C\C/C=C\C/C=C\C/C=C\C/C=C\CCCCCCCCCCCCCCCCC(=O)OCC(COC(=O)CCCCCCCCCC)OC(=O)CCCCCCCCCCC/C=C\C/C=C\CCCCCCC. The predicted molar refractivity (Wildman–Crippen MR) is 348 cm³/mol. The minimum absolute atomic E-state index is 0.0753. The fourth-order valence-electron chi connectivity index (χ4n) is 9.71. The van der Waals surface area contributed by atoms with Gasteiger partial charge in [-0.3, -0.25) is 14.4 Å². The van der Waals surface area contributed by atoms with E-state index < -0.39 is 6.10 Å². The molecule has 0 N–H and O–H groups in total. The largest absolute Gasteiger partial charge is 0.462 e. The summed E-state index contributed by atoms with van der Waals surface area (Å²) < 4.78 is 16.9. The van der Waals surface area contributed by atoms with Gasteiger partial charge in [-0.15, -0.1) is 0 Å². The van der Waals surface area contributed by atoms with Crippen LogP contribution in [0.25, 0.3) is 0 Å². The second-order valence-corrected chi connectivity index (χ2v) is 22.7. The van der Waals surface area contributed by atoms with E-state index in [4.69, 9.17) is 14.2 Å². The van der Waals surface area contributed by atoms with Gasteiger partial charge < -0.3 is 14.2 Å². The van der Waals surface area contributed by atoms with E-state index in [-0.39, 0.29) is 31.1 Å². The van der Waals surface area contributed by atoms with Crippen molar-refractivity contribution >= 4 is 17.9 Å². The molecule has 80 heavy (non-hydrogen) atoms. The molecule has 0 saturated heterocycles. The first-order valence-electron chi connectivity index (χ1n) is 34.2. The zero-order chi connectivity index (χ0) is 57.8. The Labute approximate surface area is 496 Å². The van der Waals surface area contributed by atoms with Crippen LogP contribution in [0.15, 0.2) is 97.2 Å². The molecule has 0 fully saturated rings. The number of carbonyl (C=O) groups is 3. The molecule has 0 heterocycles. The minimum Gasteiger partial charge on any atom is -0.462 e. The molecule has 0 aliphatic rings. The Bertz CT molecular complexity index is 1560. The first-order valence-corrected chi connectivity index (χ1v) is 34.2. The molecule has 460 valence electrons. The summed E-state index contributed by atoms with van der Waals surface area (Å²) in [5.41, 5.74) is 0. The highest BCUT2D eigenvalue weighted by Crippen LogP contribution is 2.17. The van der Waals surface area contributed by atoms with Gasteiger partial charge in [0.2, 0.25) is 0 Å². The van der Waals surface area contributed by atoms with Crippen LogP contribution < -0.4 is 0 Å². The Hall–Kier alpha value is -3.67. The number of hydrogen-bond acceptors (Lipinski definition) is 6. The topological polar surface area (TPSA) is 78.9 Å². The molecule has 0 aromatic rings. The predicted octanol–water partition coefficient (Wildman–Crippen LogP) is 23.6. The average Bonchev–Trinajstić information content (AvgIpc) is 3.46. The van der Waals surface area contributed by atoms with Gasteiger partial charge in [0.1, 0.15) is 13.2 Å². The Morgan fingerprint density at radius 1 is 0.263 bits per heavy atom. The Kier molecular flexibility index (Phi) is 64.7. The lowest BCUT2D eigenvalue weighted by Crippen LogP contribution is -2.30. The third-order valence-corrected chi connectivity index (χ3v) is 14.8. The van der Waals surface area contributed by atoms with Gasteiger partial charge >= 0.3 is 17.9 Å². The molecule has 0 rings (SSSR count). The molecule has 0 aromatic heterocycles. The van der Waals surface area contributed by atoms with Gasteiger partial charge in [0.25, 0.3) is 0 Å². The maximum Gasteiger partial charge on any atom is 0.306 e. The molecular weight excluding hydrogens is 985 g/mol. The highest BCUT2D eigenvalue weighted by atomic mass is 16.6. The number of carbonyl (C=O) groups excluding carboxylic acids is 3. The van der Waals surface area contributed by atoms with Crippen molar-refractivity contribution in [3.63, 3.8) is 0 Å². The molecule has 0 aliphatic carbocycles. The first kappa shape index (κ1) is 76.3. The summed E-state index contributed by atoms with van der Waals surface area (Å²) in [6, 6.07) is 0. The lowest BCUT2D eigenvalue weighted by atomic mass is 10.0. The monoisotopic (exact) mass is 1110 g/mol. The molecule has 0 saturated carbocycles. The van der Waals surface area contributed by atoms with Crippen molar-refractivity contribution in [2.24, 2.45) is 0 Å². The van der Waals surface area contributed by atoms with E-state index in [9.17, 15) is 14.4 Å². The van der Waals surface area contributed by atoms with Crippen molar-refractivity contribution in [2.45, 2.75) is 341 Å². The zero-order valence-corrected chi connectivity index (χ0v) is 52.8. The summed E-state index contributed by atoms with van der Waals surface area (Å²) in [4.78, 5) is 38.2. The Morgan fingerprint density at radius 2 is 0.487 bits per heavy atom. The molecule has 0 radical (unpaired) electrons. The summed E-state index contributed by atoms with van der Waals surface area (Å²) in [7, 11) is 0. The molecule has 1 unspecified atom stereocenters. The molecule has 0 bridgehead atoms. The van der Waals surface area contributed by atoms with E-state index >= 15 is 0 Å². The summed E-state index contributed by atoms with van der Waals surface area (Å²) in [5, 5.41) is 0. The molecule has 6 heteroatoms. The third kappa shape index (κ3) is 65.1. The molecule has 0 spiro atoms. The van der Waals surface area contributed by atoms with Crippen LogP contribution in [0.4, 0.5) is 0 Å². The number of allylic oxidation sites excluding steroid dienone is 16. The van der Waals surface area contributed by atoms with Crippen LogP contribution in [-0.2, 0) is 28.6 Å². The van der Waals surface area contributed by atoms with Crippen LogP contribution in [0, 0.1) is 0 Å². The summed E-state index contributed by atoms with van der Waals surface area (Å²) in [5.74, 6) is -0.871. The summed E-state index contributed by atoms with van der Waals surface area (Å²) in [6.45, 7) is 6.51. The number of rotatable bonds is 62. The second-order valence-electron chi connectivity index (χ2n) is 22.7. The lowest BCUT2D eigenvalue weighted by molar-refractivity contribution is -0.167. The first-order chi connectivity index (χ1) is 39.5. The van der Waals surface area contributed by atoms with Crippen molar-refractivity contribution in [3.8, 4) is 0 Å². The Morgan fingerprint density at radius 3 is 0.762 bits per heavy atom. The van der Waals surface area contributed by atoms with Crippen molar-refractivity contribution in [2.75, 3.05) is 13.2 Å². The number of unbranched alkanes of at least 4 members (excludes halogenated alkanes) is 35. The van der Waals surface area contributed by atoms with E-state index in [0.717, 1.165) is 103 Å².